The van der Waals surface area contributed by atoms with Gasteiger partial charge < -0.3 is 11.1 Å². The number of nitrogens with zero attached hydrogens (tertiary/aromatic N) is 2. The zero-order valence-corrected chi connectivity index (χ0v) is 11.7. The maximum Gasteiger partial charge on any atom is 0.222 e. The van der Waals surface area contributed by atoms with Crippen LogP contribution in [0.3, 0.4) is 0 Å². The quantitative estimate of drug-likeness (QED) is 0.858. The SMILES string of the molecule is CC(C)(C)C1CCc2nc(NCCN)ncc2C1. The van der Waals surface area contributed by atoms with E-state index in [1.54, 1.807) is 0 Å². The maximum absolute atomic E-state index is 5.46. The van der Waals surface area contributed by atoms with Gasteiger partial charge in [0.15, 0.2) is 0 Å². The number of nitrogens with two attached hydrogens (primary N) is 1. The molecule has 18 heavy (non-hydrogen) atoms. The van der Waals surface area contributed by atoms with Crippen LogP contribution >= 0.6 is 0 Å². The third-order valence-electron chi connectivity index (χ3n) is 3.80. The van der Waals surface area contributed by atoms with Gasteiger partial charge in [-0.05, 0) is 36.2 Å². The van der Waals surface area contributed by atoms with Gasteiger partial charge in [-0.3, -0.25) is 0 Å². The molecule has 0 bridgehead atoms. The second kappa shape index (κ2) is 5.22. The lowest BCUT2D eigenvalue weighted by Gasteiger charge is -2.34. The molecule has 2 rings (SSSR count). The van der Waals surface area contributed by atoms with Crippen LogP contribution in [0.5, 0.6) is 0 Å². The van der Waals surface area contributed by atoms with Gasteiger partial charge >= 0.3 is 0 Å². The number of aromatic nitrogens is 2. The van der Waals surface area contributed by atoms with Crippen LogP contribution in [0.4, 0.5) is 5.95 Å². The summed E-state index contributed by atoms with van der Waals surface area (Å²) in [6.07, 6.45) is 5.38. The van der Waals surface area contributed by atoms with Crippen molar-refractivity contribution in [1.82, 2.24) is 9.97 Å². The molecule has 1 aliphatic carbocycles. The Bertz CT molecular complexity index is 409. The molecular weight excluding hydrogens is 224 g/mol. The van der Waals surface area contributed by atoms with Crippen LogP contribution in [0.2, 0.25) is 0 Å². The fourth-order valence-electron chi connectivity index (χ4n) is 2.52. The number of rotatable bonds is 3. The Balaban J connectivity index is 2.11. The van der Waals surface area contributed by atoms with Crippen molar-refractivity contribution in [2.45, 2.75) is 40.0 Å². The van der Waals surface area contributed by atoms with Crippen molar-refractivity contribution in [3.63, 3.8) is 0 Å². The van der Waals surface area contributed by atoms with Crippen molar-refractivity contribution in [3.05, 3.63) is 17.5 Å². The van der Waals surface area contributed by atoms with Crippen molar-refractivity contribution in [1.29, 1.82) is 0 Å². The molecule has 0 fully saturated rings. The van der Waals surface area contributed by atoms with E-state index in [1.165, 1.54) is 17.7 Å². The standard InChI is InChI=1S/C14H24N4/c1-14(2,3)11-4-5-12-10(8-11)9-17-13(18-12)16-7-6-15/h9,11H,4-8,15H2,1-3H3,(H,16,17,18). The van der Waals surface area contributed by atoms with Gasteiger partial charge in [0, 0.05) is 25.0 Å². The number of aryl methyl sites for hydroxylation is 1. The molecule has 1 aliphatic rings. The lowest BCUT2D eigenvalue weighted by molar-refractivity contribution is 0.214. The molecule has 0 saturated heterocycles. The summed E-state index contributed by atoms with van der Waals surface area (Å²) in [6.45, 7) is 8.29. The van der Waals surface area contributed by atoms with E-state index in [-0.39, 0.29) is 0 Å². The summed E-state index contributed by atoms with van der Waals surface area (Å²) in [5.41, 5.74) is 8.36. The average molecular weight is 248 g/mol. The highest BCUT2D eigenvalue weighted by Crippen LogP contribution is 2.36. The van der Waals surface area contributed by atoms with Crippen molar-refractivity contribution >= 4 is 5.95 Å². The average Bonchev–Trinajstić information content (AvgIpc) is 2.34. The Labute approximate surface area is 109 Å². The largest absolute Gasteiger partial charge is 0.353 e. The van der Waals surface area contributed by atoms with Gasteiger partial charge in [-0.15, -0.1) is 0 Å². The summed E-state index contributed by atoms with van der Waals surface area (Å²) < 4.78 is 0. The molecule has 0 aliphatic heterocycles. The molecule has 1 aromatic heterocycles. The summed E-state index contributed by atoms with van der Waals surface area (Å²) in [6, 6.07) is 0. The number of anilines is 1. The summed E-state index contributed by atoms with van der Waals surface area (Å²) >= 11 is 0. The second-order valence-electron chi connectivity index (χ2n) is 6.19. The highest BCUT2D eigenvalue weighted by molar-refractivity contribution is 5.31. The molecule has 3 N–H and O–H groups in total. The Kier molecular flexibility index (Phi) is 3.85. The normalized spacial score (nSPS) is 19.4. The fourth-order valence-corrected chi connectivity index (χ4v) is 2.52. The van der Waals surface area contributed by atoms with Gasteiger partial charge in [-0.25, -0.2) is 9.97 Å². The highest BCUT2D eigenvalue weighted by Gasteiger charge is 2.29. The lowest BCUT2D eigenvalue weighted by atomic mass is 9.72. The second-order valence-corrected chi connectivity index (χ2v) is 6.19. The first-order valence-corrected chi connectivity index (χ1v) is 6.79. The number of hydrogen-bond acceptors (Lipinski definition) is 4. The highest BCUT2D eigenvalue weighted by atomic mass is 15.1. The Hall–Kier alpha value is -1.16. The van der Waals surface area contributed by atoms with Crippen molar-refractivity contribution in [2.75, 3.05) is 18.4 Å². The predicted octanol–water partition coefficient (Wildman–Crippen LogP) is 2.00. The van der Waals surface area contributed by atoms with Crippen LogP contribution in [0.25, 0.3) is 0 Å². The minimum atomic E-state index is 0.369. The number of hydrogen-bond donors (Lipinski definition) is 2. The van der Waals surface area contributed by atoms with Crippen LogP contribution in [0.15, 0.2) is 6.20 Å². The Morgan fingerprint density at radius 1 is 1.44 bits per heavy atom. The summed E-state index contributed by atoms with van der Waals surface area (Å²) in [5.74, 6) is 1.45. The minimum absolute atomic E-state index is 0.369. The molecule has 4 nitrogen and oxygen atoms in total. The zero-order chi connectivity index (χ0) is 13.2. The van der Waals surface area contributed by atoms with Crippen molar-refractivity contribution in [3.8, 4) is 0 Å². The molecule has 1 atom stereocenters. The third-order valence-corrected chi connectivity index (χ3v) is 3.80. The topological polar surface area (TPSA) is 63.8 Å². The number of fused-ring (bicyclic) bond motifs is 1. The molecule has 0 amide bonds. The fraction of sp³-hybridized carbons (Fsp3) is 0.714. The van der Waals surface area contributed by atoms with Crippen LogP contribution in [0.1, 0.15) is 38.4 Å². The lowest BCUT2D eigenvalue weighted by Crippen LogP contribution is -2.27. The van der Waals surface area contributed by atoms with Crippen LogP contribution in [-0.4, -0.2) is 23.1 Å². The summed E-state index contributed by atoms with van der Waals surface area (Å²) in [4.78, 5) is 8.96. The first kappa shape index (κ1) is 13.3. The summed E-state index contributed by atoms with van der Waals surface area (Å²) in [7, 11) is 0. The van der Waals surface area contributed by atoms with Gasteiger partial charge in [0.05, 0.1) is 0 Å². The third kappa shape index (κ3) is 2.99. The van der Waals surface area contributed by atoms with Crippen molar-refractivity contribution < 1.29 is 0 Å². The van der Waals surface area contributed by atoms with E-state index in [9.17, 15) is 0 Å². The predicted molar refractivity (Wildman–Crippen MR) is 74.5 cm³/mol. The van der Waals surface area contributed by atoms with E-state index in [4.69, 9.17) is 5.73 Å². The van der Waals surface area contributed by atoms with Gasteiger partial charge in [0.2, 0.25) is 5.95 Å². The number of nitrogens with one attached hydrogen (secondary N) is 1. The molecule has 1 aromatic rings. The molecule has 1 unspecified atom stereocenters. The first-order chi connectivity index (χ1) is 8.50. The molecule has 0 radical (unpaired) electrons. The van der Waals surface area contributed by atoms with E-state index >= 15 is 0 Å². The van der Waals surface area contributed by atoms with E-state index in [1.807, 2.05) is 6.20 Å². The molecule has 0 spiro atoms. The van der Waals surface area contributed by atoms with E-state index in [2.05, 4.69) is 36.1 Å². The zero-order valence-electron chi connectivity index (χ0n) is 11.7. The molecular formula is C14H24N4. The van der Waals surface area contributed by atoms with Gasteiger partial charge in [-0.1, -0.05) is 20.8 Å². The van der Waals surface area contributed by atoms with Gasteiger partial charge in [0.25, 0.3) is 0 Å². The molecule has 0 aromatic carbocycles. The van der Waals surface area contributed by atoms with Gasteiger partial charge in [-0.2, -0.15) is 0 Å². The van der Waals surface area contributed by atoms with Crippen LogP contribution < -0.4 is 11.1 Å². The van der Waals surface area contributed by atoms with E-state index in [0.717, 1.165) is 25.3 Å². The minimum Gasteiger partial charge on any atom is -0.353 e. The Morgan fingerprint density at radius 3 is 2.89 bits per heavy atom. The van der Waals surface area contributed by atoms with Crippen molar-refractivity contribution in [2.24, 2.45) is 17.1 Å². The molecule has 100 valence electrons. The first-order valence-electron chi connectivity index (χ1n) is 6.79. The van der Waals surface area contributed by atoms with E-state index < -0.39 is 0 Å². The molecule has 1 heterocycles. The van der Waals surface area contributed by atoms with Gasteiger partial charge in [0.1, 0.15) is 0 Å². The summed E-state index contributed by atoms with van der Waals surface area (Å²) in [5, 5.41) is 3.14. The molecule has 0 saturated carbocycles. The monoisotopic (exact) mass is 248 g/mol. The maximum atomic E-state index is 5.46. The smallest absolute Gasteiger partial charge is 0.222 e. The Morgan fingerprint density at radius 2 is 2.22 bits per heavy atom. The van der Waals surface area contributed by atoms with Crippen LogP contribution in [-0.2, 0) is 12.8 Å². The van der Waals surface area contributed by atoms with E-state index in [0.29, 0.717) is 17.9 Å². The molecule has 4 heteroatoms. The van der Waals surface area contributed by atoms with Crippen LogP contribution in [0, 0.1) is 11.3 Å².